The van der Waals surface area contributed by atoms with Gasteiger partial charge in [0.1, 0.15) is 0 Å². The van der Waals surface area contributed by atoms with Crippen molar-refractivity contribution in [3.05, 3.63) is 29.3 Å². The van der Waals surface area contributed by atoms with Gasteiger partial charge in [0.2, 0.25) is 0 Å². The van der Waals surface area contributed by atoms with Crippen LogP contribution in [-0.4, -0.2) is 36.9 Å². The first-order valence-corrected chi connectivity index (χ1v) is 7.01. The second kappa shape index (κ2) is 8.97. The van der Waals surface area contributed by atoms with Gasteiger partial charge >= 0.3 is 12.0 Å². The number of carbonyl (C=O) groups is 2. The second-order valence-corrected chi connectivity index (χ2v) is 4.65. The summed E-state index contributed by atoms with van der Waals surface area (Å²) in [7, 11) is 0. The van der Waals surface area contributed by atoms with Gasteiger partial charge in [0.25, 0.3) is 0 Å². The summed E-state index contributed by atoms with van der Waals surface area (Å²) in [5, 5.41) is 14.4. The molecule has 0 fully saturated rings. The molecule has 116 valence electrons. The molecule has 2 amide bonds. The third kappa shape index (κ3) is 5.83. The minimum absolute atomic E-state index is 0.110. The topological polar surface area (TPSA) is 87.7 Å². The lowest BCUT2D eigenvalue weighted by Gasteiger charge is -2.11. The summed E-state index contributed by atoms with van der Waals surface area (Å²) in [6, 6.07) is 4.55. The largest absolute Gasteiger partial charge is 0.478 e. The number of amides is 2. The second-order valence-electron chi connectivity index (χ2n) is 4.65. The fourth-order valence-electron chi connectivity index (χ4n) is 1.84. The van der Waals surface area contributed by atoms with Crippen LogP contribution in [-0.2, 0) is 4.74 Å². The fraction of sp³-hybridized carbons (Fsp3) is 0.467. The molecule has 0 saturated heterocycles. The maximum atomic E-state index is 11.7. The Hall–Kier alpha value is -2.08. The first-order chi connectivity index (χ1) is 10.1. The highest BCUT2D eigenvalue weighted by Crippen LogP contribution is 2.19. The average molecular weight is 294 g/mol. The van der Waals surface area contributed by atoms with Gasteiger partial charge < -0.3 is 20.5 Å². The molecule has 0 heterocycles. The number of anilines is 1. The number of nitrogens with one attached hydrogen (secondary N) is 2. The fourth-order valence-corrected chi connectivity index (χ4v) is 1.84. The van der Waals surface area contributed by atoms with Crippen molar-refractivity contribution in [1.29, 1.82) is 0 Å². The lowest BCUT2D eigenvalue weighted by Crippen LogP contribution is -2.30. The van der Waals surface area contributed by atoms with Crippen LogP contribution in [0.5, 0.6) is 0 Å². The molecule has 0 spiro atoms. The molecule has 0 saturated carbocycles. The summed E-state index contributed by atoms with van der Waals surface area (Å²) in [6.45, 7) is 5.52. The maximum absolute atomic E-state index is 11.7. The lowest BCUT2D eigenvalue weighted by atomic mass is 10.1. The van der Waals surface area contributed by atoms with E-state index in [1.807, 2.05) is 6.92 Å². The first-order valence-electron chi connectivity index (χ1n) is 7.01. The van der Waals surface area contributed by atoms with E-state index in [-0.39, 0.29) is 5.56 Å². The third-order valence-corrected chi connectivity index (χ3v) is 2.83. The molecule has 6 nitrogen and oxygen atoms in total. The van der Waals surface area contributed by atoms with Crippen molar-refractivity contribution < 1.29 is 19.4 Å². The van der Waals surface area contributed by atoms with Crippen molar-refractivity contribution in [2.75, 3.05) is 25.1 Å². The van der Waals surface area contributed by atoms with Crippen LogP contribution in [0.1, 0.15) is 35.7 Å². The summed E-state index contributed by atoms with van der Waals surface area (Å²) in [6.07, 6.45) is 1.69. The van der Waals surface area contributed by atoms with E-state index in [2.05, 4.69) is 10.6 Å². The van der Waals surface area contributed by atoms with Gasteiger partial charge in [-0.05, 0) is 31.4 Å². The predicted octanol–water partition coefficient (Wildman–Crippen LogP) is 2.63. The molecule has 0 aliphatic rings. The highest BCUT2D eigenvalue weighted by molar-refractivity contribution is 6.01. The van der Waals surface area contributed by atoms with Crippen molar-refractivity contribution in [1.82, 2.24) is 5.32 Å². The Morgan fingerprint density at radius 1 is 1.29 bits per heavy atom. The van der Waals surface area contributed by atoms with E-state index in [9.17, 15) is 9.59 Å². The highest BCUT2D eigenvalue weighted by atomic mass is 16.5. The van der Waals surface area contributed by atoms with Gasteiger partial charge in [-0.25, -0.2) is 9.59 Å². The van der Waals surface area contributed by atoms with E-state index in [0.717, 1.165) is 13.0 Å². The van der Waals surface area contributed by atoms with Crippen LogP contribution in [0.25, 0.3) is 0 Å². The highest BCUT2D eigenvalue weighted by Gasteiger charge is 2.14. The number of aryl methyl sites for hydroxylation is 1. The Kier molecular flexibility index (Phi) is 7.25. The molecule has 6 heteroatoms. The van der Waals surface area contributed by atoms with E-state index in [0.29, 0.717) is 30.8 Å². The Bertz CT molecular complexity index is 489. The van der Waals surface area contributed by atoms with Gasteiger partial charge in [0.05, 0.1) is 11.3 Å². The van der Waals surface area contributed by atoms with Crippen LogP contribution in [0, 0.1) is 6.92 Å². The summed E-state index contributed by atoms with van der Waals surface area (Å²) in [5.41, 5.74) is 1.01. The average Bonchev–Trinajstić information content (AvgIpc) is 2.42. The minimum Gasteiger partial charge on any atom is -0.478 e. The Balaban J connectivity index is 2.45. The van der Waals surface area contributed by atoms with Crippen molar-refractivity contribution >= 4 is 17.7 Å². The molecule has 21 heavy (non-hydrogen) atoms. The number of benzene rings is 1. The number of urea groups is 1. The van der Waals surface area contributed by atoms with E-state index in [4.69, 9.17) is 9.84 Å². The maximum Gasteiger partial charge on any atom is 0.338 e. The van der Waals surface area contributed by atoms with Gasteiger partial charge in [0, 0.05) is 19.8 Å². The number of hydrogen-bond donors (Lipinski definition) is 3. The molecule has 1 rings (SSSR count). The van der Waals surface area contributed by atoms with Crippen LogP contribution < -0.4 is 10.6 Å². The molecule has 0 radical (unpaired) electrons. The number of carboxylic acid groups (broad SMARTS) is 1. The summed E-state index contributed by atoms with van der Waals surface area (Å²) >= 11 is 0. The molecular weight excluding hydrogens is 272 g/mol. The molecule has 0 unspecified atom stereocenters. The molecule has 0 atom stereocenters. The smallest absolute Gasteiger partial charge is 0.338 e. The van der Waals surface area contributed by atoms with Crippen LogP contribution in [0.15, 0.2) is 18.2 Å². The van der Waals surface area contributed by atoms with Crippen molar-refractivity contribution in [3.63, 3.8) is 0 Å². The normalized spacial score (nSPS) is 10.2. The minimum atomic E-state index is -1.06. The summed E-state index contributed by atoms with van der Waals surface area (Å²) < 4.78 is 5.30. The number of carboxylic acids is 1. The quantitative estimate of drug-likeness (QED) is 0.643. The Labute approximate surface area is 124 Å². The molecular formula is C15H22N2O4. The van der Waals surface area contributed by atoms with E-state index in [1.54, 1.807) is 25.1 Å². The number of carbonyl (C=O) groups excluding carboxylic acids is 1. The molecule has 3 N–H and O–H groups in total. The van der Waals surface area contributed by atoms with Gasteiger partial charge in [-0.1, -0.05) is 19.1 Å². The van der Waals surface area contributed by atoms with E-state index < -0.39 is 12.0 Å². The van der Waals surface area contributed by atoms with Gasteiger partial charge in [-0.2, -0.15) is 0 Å². The number of rotatable bonds is 8. The number of hydrogen-bond acceptors (Lipinski definition) is 3. The third-order valence-electron chi connectivity index (χ3n) is 2.83. The van der Waals surface area contributed by atoms with Crippen molar-refractivity contribution in [2.45, 2.75) is 26.7 Å². The van der Waals surface area contributed by atoms with Gasteiger partial charge in [-0.3, -0.25) is 0 Å². The van der Waals surface area contributed by atoms with Gasteiger partial charge in [0.15, 0.2) is 0 Å². The van der Waals surface area contributed by atoms with Crippen LogP contribution in [0.2, 0.25) is 0 Å². The molecule has 0 aliphatic heterocycles. The Morgan fingerprint density at radius 3 is 2.71 bits per heavy atom. The molecule has 1 aromatic rings. The zero-order valence-corrected chi connectivity index (χ0v) is 12.4. The Morgan fingerprint density at radius 2 is 2.05 bits per heavy atom. The molecule has 0 aromatic heterocycles. The van der Waals surface area contributed by atoms with Crippen molar-refractivity contribution in [2.24, 2.45) is 0 Å². The van der Waals surface area contributed by atoms with Crippen molar-refractivity contribution in [3.8, 4) is 0 Å². The van der Waals surface area contributed by atoms with E-state index in [1.165, 1.54) is 0 Å². The van der Waals surface area contributed by atoms with Crippen LogP contribution >= 0.6 is 0 Å². The zero-order chi connectivity index (χ0) is 15.7. The SMILES string of the molecule is CCCOCCCNC(=O)Nc1cccc(C)c1C(=O)O. The monoisotopic (exact) mass is 294 g/mol. The van der Waals surface area contributed by atoms with Gasteiger partial charge in [-0.15, -0.1) is 0 Å². The zero-order valence-electron chi connectivity index (χ0n) is 12.4. The number of ether oxygens (including phenoxy) is 1. The molecule has 1 aromatic carbocycles. The standard InChI is InChI=1S/C15H22N2O4/c1-3-9-21-10-5-8-16-15(20)17-12-7-4-6-11(2)13(12)14(18)19/h4,6-7H,3,5,8-10H2,1-2H3,(H,18,19)(H2,16,17,20). The predicted molar refractivity (Wildman–Crippen MR) is 80.9 cm³/mol. The lowest BCUT2D eigenvalue weighted by molar-refractivity contribution is 0.0697. The van der Waals surface area contributed by atoms with E-state index >= 15 is 0 Å². The molecule has 0 bridgehead atoms. The summed E-state index contributed by atoms with van der Waals surface area (Å²) in [4.78, 5) is 22.9. The van der Waals surface area contributed by atoms with Crippen LogP contribution in [0.3, 0.4) is 0 Å². The number of aromatic carboxylic acids is 1. The molecule has 0 aliphatic carbocycles. The first kappa shape index (κ1) is 17.0. The summed E-state index contributed by atoms with van der Waals surface area (Å²) in [5.74, 6) is -1.06. The van der Waals surface area contributed by atoms with Crippen LogP contribution in [0.4, 0.5) is 10.5 Å².